The lowest BCUT2D eigenvalue weighted by Crippen LogP contribution is -2.24. The van der Waals surface area contributed by atoms with Gasteiger partial charge in [-0.25, -0.2) is 10.5 Å². The summed E-state index contributed by atoms with van der Waals surface area (Å²) in [7, 11) is 0. The van der Waals surface area contributed by atoms with E-state index >= 15 is 0 Å². The van der Waals surface area contributed by atoms with E-state index in [1.807, 2.05) is 30.3 Å². The summed E-state index contributed by atoms with van der Waals surface area (Å²) in [4.78, 5) is 25.8. The number of hydrogen-bond donors (Lipinski definition) is 5. The first-order valence-corrected chi connectivity index (χ1v) is 14.1. The van der Waals surface area contributed by atoms with Crippen molar-refractivity contribution >= 4 is 70.3 Å². The fourth-order valence-corrected chi connectivity index (χ4v) is 4.81. The third-order valence-electron chi connectivity index (χ3n) is 5.64. The molecule has 0 saturated carbocycles. The van der Waals surface area contributed by atoms with Gasteiger partial charge in [-0.1, -0.05) is 28.3 Å². The molecular weight excluding hydrogens is 628 g/mol. The second-order valence-corrected chi connectivity index (χ2v) is 9.95. The van der Waals surface area contributed by atoms with Gasteiger partial charge in [0.15, 0.2) is 0 Å². The Bertz CT molecular complexity index is 1650. The Balaban J connectivity index is 1.68. The number of aromatic nitrogens is 4. The SMILES string of the molecule is CCn1c(O)c(/N=N/c2cc(Nc3nc(Cl)nc(Nc4ccccc4)n3)ccc2SOOO)c(C)c(CSOOO)c1=O. The van der Waals surface area contributed by atoms with Crippen LogP contribution in [0.1, 0.15) is 18.1 Å². The Morgan fingerprint density at radius 3 is 2.35 bits per heavy atom. The van der Waals surface area contributed by atoms with Crippen LogP contribution < -0.4 is 16.2 Å². The molecule has 5 N–H and O–H groups in total. The Kier molecular flexibility index (Phi) is 11.6. The van der Waals surface area contributed by atoms with Crippen molar-refractivity contribution in [3.05, 3.63) is 75.3 Å². The number of rotatable bonds is 14. The zero-order chi connectivity index (χ0) is 30.8. The lowest BCUT2D eigenvalue weighted by atomic mass is 10.1. The molecule has 0 unspecified atom stereocenters. The molecule has 0 amide bonds. The van der Waals surface area contributed by atoms with Crippen LogP contribution in [-0.4, -0.2) is 35.1 Å². The van der Waals surface area contributed by atoms with E-state index in [0.29, 0.717) is 40.2 Å². The second-order valence-electron chi connectivity index (χ2n) is 8.21. The molecule has 16 nitrogen and oxygen atoms in total. The number of azo groups is 1. The Labute approximate surface area is 256 Å². The van der Waals surface area contributed by atoms with Crippen LogP contribution in [0.3, 0.4) is 0 Å². The lowest BCUT2D eigenvalue weighted by Gasteiger charge is -2.14. The molecule has 0 radical (unpaired) electrons. The van der Waals surface area contributed by atoms with Gasteiger partial charge in [-0.15, -0.1) is 18.9 Å². The van der Waals surface area contributed by atoms with Crippen LogP contribution in [0, 0.1) is 6.92 Å². The fraction of sp³-hybridized carbons (Fsp3) is 0.167. The maximum Gasteiger partial charge on any atom is 0.257 e. The number of anilines is 4. The smallest absolute Gasteiger partial charge is 0.257 e. The first kappa shape index (κ1) is 32.1. The number of halogens is 1. The Hall–Kier alpha value is -3.85. The van der Waals surface area contributed by atoms with E-state index in [0.717, 1.165) is 10.3 Å². The van der Waals surface area contributed by atoms with Crippen LogP contribution in [0.4, 0.5) is 34.6 Å². The topological polar surface area (TPSA) is 207 Å². The average Bonchev–Trinajstić information content (AvgIpc) is 2.99. The number of pyridine rings is 1. The van der Waals surface area contributed by atoms with Crippen molar-refractivity contribution in [2.45, 2.75) is 31.0 Å². The Morgan fingerprint density at radius 2 is 1.67 bits per heavy atom. The third kappa shape index (κ3) is 8.38. The molecule has 0 saturated heterocycles. The normalized spacial score (nSPS) is 11.3. The van der Waals surface area contributed by atoms with Gasteiger partial charge in [0.25, 0.3) is 5.56 Å². The first-order chi connectivity index (χ1) is 20.8. The molecule has 226 valence electrons. The van der Waals surface area contributed by atoms with E-state index in [-0.39, 0.29) is 46.4 Å². The maximum atomic E-state index is 12.9. The number of nitrogens with one attached hydrogen (secondary N) is 2. The van der Waals surface area contributed by atoms with E-state index < -0.39 is 11.4 Å². The van der Waals surface area contributed by atoms with Crippen LogP contribution in [0.5, 0.6) is 5.88 Å². The van der Waals surface area contributed by atoms with Crippen LogP contribution in [0.2, 0.25) is 5.28 Å². The Morgan fingerprint density at radius 1 is 0.977 bits per heavy atom. The van der Waals surface area contributed by atoms with Gasteiger partial charge in [0.05, 0.1) is 22.7 Å². The van der Waals surface area contributed by atoms with E-state index in [1.165, 1.54) is 0 Å². The van der Waals surface area contributed by atoms with Crippen LogP contribution in [0.15, 0.2) is 68.4 Å². The molecule has 0 aliphatic rings. The van der Waals surface area contributed by atoms with Crippen molar-refractivity contribution in [1.29, 1.82) is 0 Å². The summed E-state index contributed by atoms with van der Waals surface area (Å²) in [5, 5.41) is 49.7. The molecular formula is C24H23ClN8O8S2. The number of hydrogen-bond acceptors (Lipinski definition) is 17. The number of aromatic hydroxyl groups is 1. The van der Waals surface area contributed by atoms with Crippen LogP contribution in [0.25, 0.3) is 0 Å². The number of para-hydroxylation sites is 1. The molecule has 0 bridgehead atoms. The highest BCUT2D eigenvalue weighted by molar-refractivity contribution is 7.94. The van der Waals surface area contributed by atoms with Crippen LogP contribution >= 0.6 is 35.7 Å². The van der Waals surface area contributed by atoms with Gasteiger partial charge in [0, 0.05) is 35.5 Å². The van der Waals surface area contributed by atoms with Gasteiger partial charge in [0.1, 0.15) is 11.4 Å². The molecule has 2 aromatic heterocycles. The highest BCUT2D eigenvalue weighted by Crippen LogP contribution is 2.38. The predicted octanol–water partition coefficient (Wildman–Crippen LogP) is 6.62. The van der Waals surface area contributed by atoms with Crippen molar-refractivity contribution in [2.75, 3.05) is 10.6 Å². The number of nitrogens with zero attached hydrogens (tertiary/aromatic N) is 6. The summed E-state index contributed by atoms with van der Waals surface area (Å²) in [6.45, 7) is 3.39. The van der Waals surface area contributed by atoms with Gasteiger partial charge in [0.2, 0.25) is 23.1 Å². The first-order valence-electron chi connectivity index (χ1n) is 12.1. The second kappa shape index (κ2) is 15.6. The van der Waals surface area contributed by atoms with E-state index in [2.05, 4.69) is 54.6 Å². The van der Waals surface area contributed by atoms with Crippen molar-refractivity contribution in [1.82, 2.24) is 19.5 Å². The summed E-state index contributed by atoms with van der Waals surface area (Å²) in [6, 6.07) is 14.0. The minimum Gasteiger partial charge on any atom is -0.493 e. The molecule has 0 spiro atoms. The molecule has 0 atom stereocenters. The highest BCUT2D eigenvalue weighted by Gasteiger charge is 2.19. The maximum absolute atomic E-state index is 12.9. The third-order valence-corrected chi connectivity index (χ3v) is 7.03. The molecule has 4 rings (SSSR count). The quantitative estimate of drug-likeness (QED) is 0.0319. The van der Waals surface area contributed by atoms with E-state index in [1.54, 1.807) is 32.0 Å². The lowest BCUT2D eigenvalue weighted by molar-refractivity contribution is -0.432. The molecule has 0 aliphatic carbocycles. The highest BCUT2D eigenvalue weighted by atomic mass is 35.5. The minimum absolute atomic E-state index is 0.0106. The monoisotopic (exact) mass is 650 g/mol. The van der Waals surface area contributed by atoms with Gasteiger partial charge < -0.3 is 15.7 Å². The zero-order valence-electron chi connectivity index (χ0n) is 22.3. The van der Waals surface area contributed by atoms with E-state index in [4.69, 9.17) is 22.1 Å². The zero-order valence-corrected chi connectivity index (χ0v) is 24.7. The summed E-state index contributed by atoms with van der Waals surface area (Å²) >= 11 is 7.42. The summed E-state index contributed by atoms with van der Waals surface area (Å²) < 4.78 is 10.1. The van der Waals surface area contributed by atoms with Gasteiger partial charge in [-0.3, -0.25) is 9.36 Å². The minimum atomic E-state index is -0.474. The summed E-state index contributed by atoms with van der Waals surface area (Å²) in [5.74, 6) is -0.0997. The average molecular weight is 651 g/mol. The molecule has 0 fully saturated rings. The van der Waals surface area contributed by atoms with Crippen molar-refractivity contribution < 1.29 is 34.4 Å². The van der Waals surface area contributed by atoms with E-state index in [9.17, 15) is 9.90 Å². The molecule has 2 aromatic carbocycles. The van der Waals surface area contributed by atoms with Crippen molar-refractivity contribution in [3.63, 3.8) is 0 Å². The molecule has 19 heteroatoms. The summed E-state index contributed by atoms with van der Waals surface area (Å²) in [5.41, 5.74) is 1.50. The fourth-order valence-electron chi connectivity index (χ4n) is 3.69. The van der Waals surface area contributed by atoms with Gasteiger partial charge in [-0.05, 0) is 61.3 Å². The molecule has 43 heavy (non-hydrogen) atoms. The molecule has 2 heterocycles. The number of benzene rings is 2. The largest absolute Gasteiger partial charge is 0.493 e. The van der Waals surface area contributed by atoms with Crippen molar-refractivity contribution in [3.8, 4) is 5.88 Å². The van der Waals surface area contributed by atoms with Gasteiger partial charge in [-0.2, -0.15) is 15.0 Å². The predicted molar refractivity (Wildman–Crippen MR) is 158 cm³/mol. The standard InChI is InChI=1S/C24H23ClN8O8S2/c1-3-33-20(34)16(12-42-40-38-36)13(2)19(21(33)35)32-31-17-11-15(9-10-18(17)43-41-39-37)27-24-29-22(25)28-23(30-24)26-14-7-5-4-6-8-14/h4-11,35-37H,3,12H2,1-2H3,(H2,26,27,28,29,30)/b32-31+. The van der Waals surface area contributed by atoms with Gasteiger partial charge >= 0.3 is 0 Å². The molecule has 4 aromatic rings. The van der Waals surface area contributed by atoms with Crippen LogP contribution in [-0.2, 0) is 31.0 Å². The summed E-state index contributed by atoms with van der Waals surface area (Å²) in [6.07, 6.45) is 0. The van der Waals surface area contributed by atoms with Crippen molar-refractivity contribution in [2.24, 2.45) is 10.2 Å². The molecule has 0 aliphatic heterocycles.